The number of hydrogen-bond donors (Lipinski definition) is 1. The second-order valence-corrected chi connectivity index (χ2v) is 3.58. The fourth-order valence-corrected chi connectivity index (χ4v) is 1.69. The fourth-order valence-electron chi connectivity index (χ4n) is 1.69. The van der Waals surface area contributed by atoms with Gasteiger partial charge < -0.3 is 10.1 Å². The number of hydrogen-bond acceptors (Lipinski definition) is 2. The molecule has 0 aromatic heterocycles. The van der Waals surface area contributed by atoms with Crippen LogP contribution in [-0.2, 0) is 4.74 Å². The van der Waals surface area contributed by atoms with Crippen molar-refractivity contribution in [1.82, 2.24) is 5.32 Å². The van der Waals surface area contributed by atoms with Gasteiger partial charge >= 0.3 is 0 Å². The Balaban J connectivity index is 2.24. The van der Waals surface area contributed by atoms with E-state index in [0.717, 1.165) is 19.6 Å². The minimum absolute atomic E-state index is 0.451. The first-order chi connectivity index (χ1) is 5.86. The van der Waals surface area contributed by atoms with E-state index in [4.69, 9.17) is 4.74 Å². The van der Waals surface area contributed by atoms with E-state index in [-0.39, 0.29) is 0 Å². The molecule has 1 N–H and O–H groups in total. The predicted octanol–water partition coefficient (Wildman–Crippen LogP) is 1.94. The molecule has 2 atom stereocenters. The van der Waals surface area contributed by atoms with Crippen molar-refractivity contribution in [3.63, 3.8) is 0 Å². The van der Waals surface area contributed by atoms with Gasteiger partial charge in [-0.3, -0.25) is 0 Å². The fraction of sp³-hybridized carbons (Fsp3) is 1.00. The normalized spacial score (nSPS) is 31.5. The Kier molecular flexibility index (Phi) is 4.62. The third kappa shape index (κ3) is 3.11. The lowest BCUT2D eigenvalue weighted by Gasteiger charge is -2.14. The molecular weight excluding hydrogens is 150 g/mol. The van der Waals surface area contributed by atoms with Gasteiger partial charge in [0.25, 0.3) is 0 Å². The van der Waals surface area contributed by atoms with E-state index in [2.05, 4.69) is 19.2 Å². The first-order valence-electron chi connectivity index (χ1n) is 5.21. The summed E-state index contributed by atoms with van der Waals surface area (Å²) < 4.78 is 5.67. The van der Waals surface area contributed by atoms with E-state index in [1.165, 1.54) is 19.3 Å². The summed E-state index contributed by atoms with van der Waals surface area (Å²) >= 11 is 0. The lowest BCUT2D eigenvalue weighted by molar-refractivity contribution is 0.0641. The summed E-state index contributed by atoms with van der Waals surface area (Å²) in [7, 11) is 0. The maximum atomic E-state index is 5.67. The van der Waals surface area contributed by atoms with Gasteiger partial charge in [-0.2, -0.15) is 0 Å². The molecule has 72 valence electrons. The highest BCUT2D eigenvalue weighted by molar-refractivity contribution is 4.73. The van der Waals surface area contributed by atoms with Crippen LogP contribution < -0.4 is 5.32 Å². The quantitative estimate of drug-likeness (QED) is 0.700. The zero-order chi connectivity index (χ0) is 8.81. The van der Waals surface area contributed by atoms with Gasteiger partial charge in [-0.15, -0.1) is 0 Å². The van der Waals surface area contributed by atoms with E-state index in [1.807, 2.05) is 0 Å². The predicted molar refractivity (Wildman–Crippen MR) is 51.3 cm³/mol. The van der Waals surface area contributed by atoms with Crippen molar-refractivity contribution >= 4 is 0 Å². The molecular formula is C10H21NO. The van der Waals surface area contributed by atoms with E-state index in [1.54, 1.807) is 0 Å². The van der Waals surface area contributed by atoms with Crippen molar-refractivity contribution in [3.8, 4) is 0 Å². The molecule has 2 unspecified atom stereocenters. The Morgan fingerprint density at radius 2 is 2.25 bits per heavy atom. The lowest BCUT2D eigenvalue weighted by atomic mass is 10.1. The molecule has 12 heavy (non-hydrogen) atoms. The Morgan fingerprint density at radius 1 is 1.42 bits per heavy atom. The summed E-state index contributed by atoms with van der Waals surface area (Å²) in [5.41, 5.74) is 0. The van der Waals surface area contributed by atoms with Gasteiger partial charge in [0.05, 0.1) is 6.10 Å². The van der Waals surface area contributed by atoms with Crippen LogP contribution in [0, 0.1) is 0 Å². The highest BCUT2D eigenvalue weighted by Gasteiger charge is 2.15. The second kappa shape index (κ2) is 5.55. The summed E-state index contributed by atoms with van der Waals surface area (Å²) in [6.07, 6.45) is 5.33. The summed E-state index contributed by atoms with van der Waals surface area (Å²) in [6, 6.07) is 0.701. The molecule has 2 nitrogen and oxygen atoms in total. The standard InChI is InChI=1S/C10H21NO/c1-3-5-9-6-7-12-10(4-2)8-11-9/h9-11H,3-8H2,1-2H3. The SMILES string of the molecule is CCCC1CCOC(CC)CN1. The molecule has 1 aliphatic heterocycles. The number of ether oxygens (including phenoxy) is 1. The summed E-state index contributed by atoms with van der Waals surface area (Å²) in [4.78, 5) is 0. The lowest BCUT2D eigenvalue weighted by Crippen LogP contribution is -2.32. The van der Waals surface area contributed by atoms with Crippen molar-refractivity contribution in [1.29, 1.82) is 0 Å². The molecule has 0 amide bonds. The molecule has 0 saturated carbocycles. The Morgan fingerprint density at radius 3 is 2.92 bits per heavy atom. The van der Waals surface area contributed by atoms with Crippen molar-refractivity contribution in [2.24, 2.45) is 0 Å². The van der Waals surface area contributed by atoms with Gasteiger partial charge in [0, 0.05) is 19.2 Å². The molecule has 0 spiro atoms. The molecule has 0 aliphatic carbocycles. The van der Waals surface area contributed by atoms with Crippen LogP contribution in [0.1, 0.15) is 39.5 Å². The molecule has 1 saturated heterocycles. The van der Waals surface area contributed by atoms with Crippen molar-refractivity contribution in [2.75, 3.05) is 13.2 Å². The third-order valence-corrected chi connectivity index (χ3v) is 2.55. The van der Waals surface area contributed by atoms with Gasteiger partial charge in [0.1, 0.15) is 0 Å². The molecule has 1 heterocycles. The van der Waals surface area contributed by atoms with E-state index in [9.17, 15) is 0 Å². The topological polar surface area (TPSA) is 21.3 Å². The summed E-state index contributed by atoms with van der Waals surface area (Å²) in [5.74, 6) is 0. The Hall–Kier alpha value is -0.0800. The van der Waals surface area contributed by atoms with Crippen LogP contribution in [0.2, 0.25) is 0 Å². The maximum Gasteiger partial charge on any atom is 0.0696 e. The minimum Gasteiger partial charge on any atom is -0.377 e. The van der Waals surface area contributed by atoms with Crippen LogP contribution in [0.5, 0.6) is 0 Å². The third-order valence-electron chi connectivity index (χ3n) is 2.55. The van der Waals surface area contributed by atoms with Gasteiger partial charge in [-0.1, -0.05) is 20.3 Å². The zero-order valence-electron chi connectivity index (χ0n) is 8.31. The van der Waals surface area contributed by atoms with Crippen LogP contribution in [0.4, 0.5) is 0 Å². The van der Waals surface area contributed by atoms with Crippen LogP contribution >= 0.6 is 0 Å². The Bertz CT molecular complexity index is 116. The average molecular weight is 171 g/mol. The highest BCUT2D eigenvalue weighted by atomic mass is 16.5. The van der Waals surface area contributed by atoms with E-state index >= 15 is 0 Å². The second-order valence-electron chi connectivity index (χ2n) is 3.58. The molecule has 1 rings (SSSR count). The molecule has 0 bridgehead atoms. The van der Waals surface area contributed by atoms with Crippen molar-refractivity contribution < 1.29 is 4.74 Å². The highest BCUT2D eigenvalue weighted by Crippen LogP contribution is 2.09. The van der Waals surface area contributed by atoms with Crippen molar-refractivity contribution in [2.45, 2.75) is 51.7 Å². The molecule has 0 aromatic rings. The zero-order valence-corrected chi connectivity index (χ0v) is 8.31. The minimum atomic E-state index is 0.451. The van der Waals surface area contributed by atoms with E-state index < -0.39 is 0 Å². The monoisotopic (exact) mass is 171 g/mol. The van der Waals surface area contributed by atoms with Crippen LogP contribution in [-0.4, -0.2) is 25.3 Å². The molecule has 0 radical (unpaired) electrons. The number of rotatable bonds is 3. The van der Waals surface area contributed by atoms with Gasteiger partial charge in [-0.05, 0) is 19.3 Å². The maximum absolute atomic E-state index is 5.67. The molecule has 0 aromatic carbocycles. The van der Waals surface area contributed by atoms with Gasteiger partial charge in [0.2, 0.25) is 0 Å². The molecule has 1 fully saturated rings. The summed E-state index contributed by atoms with van der Waals surface area (Å²) in [5, 5.41) is 3.56. The van der Waals surface area contributed by atoms with Crippen LogP contribution in [0.3, 0.4) is 0 Å². The largest absolute Gasteiger partial charge is 0.377 e. The summed E-state index contributed by atoms with van der Waals surface area (Å²) in [6.45, 7) is 6.41. The molecule has 1 aliphatic rings. The van der Waals surface area contributed by atoms with Gasteiger partial charge in [-0.25, -0.2) is 0 Å². The first kappa shape index (κ1) is 10.0. The number of nitrogens with one attached hydrogen (secondary N) is 1. The van der Waals surface area contributed by atoms with E-state index in [0.29, 0.717) is 12.1 Å². The van der Waals surface area contributed by atoms with Gasteiger partial charge in [0.15, 0.2) is 0 Å². The van der Waals surface area contributed by atoms with Crippen LogP contribution in [0.15, 0.2) is 0 Å². The average Bonchev–Trinajstić information content (AvgIpc) is 2.31. The first-order valence-corrected chi connectivity index (χ1v) is 5.21. The Labute approximate surface area is 75.7 Å². The molecule has 2 heteroatoms. The van der Waals surface area contributed by atoms with Crippen LogP contribution in [0.25, 0.3) is 0 Å². The smallest absolute Gasteiger partial charge is 0.0696 e. The van der Waals surface area contributed by atoms with Crippen molar-refractivity contribution in [3.05, 3.63) is 0 Å².